The van der Waals surface area contributed by atoms with Gasteiger partial charge in [-0.25, -0.2) is 5.26 Å². The van der Waals surface area contributed by atoms with Gasteiger partial charge >= 0.3 is 7.60 Å². The van der Waals surface area contributed by atoms with E-state index in [4.69, 9.17) is 10.2 Å². The Labute approximate surface area is 178 Å². The number of phenols is 1. The summed E-state index contributed by atoms with van der Waals surface area (Å²) in [7, 11) is -3.59. The molecule has 1 heterocycles. The number of benzene rings is 2. The lowest BCUT2D eigenvalue weighted by Crippen LogP contribution is -2.04. The molecular weight excluding hydrogens is 405 g/mol. The predicted octanol–water partition coefficient (Wildman–Crippen LogP) is 5.59. The van der Waals surface area contributed by atoms with Crippen molar-refractivity contribution in [2.24, 2.45) is 5.92 Å². The van der Waals surface area contributed by atoms with Crippen molar-refractivity contribution in [1.82, 2.24) is 15.0 Å². The summed E-state index contributed by atoms with van der Waals surface area (Å²) in [6.45, 7) is 7.28. The van der Waals surface area contributed by atoms with Gasteiger partial charge in [-0.05, 0) is 48.6 Å². The van der Waals surface area contributed by atoms with E-state index < -0.39 is 7.60 Å². The number of aryl methyl sites for hydroxylation is 1. The van der Waals surface area contributed by atoms with Crippen LogP contribution in [0.1, 0.15) is 46.2 Å². The fourth-order valence-electron chi connectivity index (χ4n) is 2.63. The zero-order valence-corrected chi connectivity index (χ0v) is 17.3. The second-order valence-electron chi connectivity index (χ2n) is 6.87. The molecule has 0 amide bonds. The first-order chi connectivity index (χ1) is 13.1. The first-order valence-electron chi connectivity index (χ1n) is 8.93. The summed E-state index contributed by atoms with van der Waals surface area (Å²) in [5.74, 6) is 0.816. The Morgan fingerprint density at radius 3 is 2.10 bits per heavy atom. The van der Waals surface area contributed by atoms with Crippen LogP contribution in [-0.2, 0) is 15.7 Å². The van der Waals surface area contributed by atoms with E-state index in [9.17, 15) is 9.67 Å². The van der Waals surface area contributed by atoms with Gasteiger partial charge in [-0.3, -0.25) is 4.57 Å². The molecule has 9 heteroatoms. The number of aromatic hydroxyl groups is 1. The molecule has 0 saturated heterocycles. The SMILES string of the molecule is C.C.CCC(C)Cc1cc(C)cc(-n2nc3ccccc3n2)c1O.CP(=O)(O)OO. The van der Waals surface area contributed by atoms with Crippen molar-refractivity contribution in [1.29, 1.82) is 0 Å². The van der Waals surface area contributed by atoms with E-state index >= 15 is 0 Å². The van der Waals surface area contributed by atoms with Gasteiger partial charge < -0.3 is 10.00 Å². The Morgan fingerprint density at radius 1 is 1.17 bits per heavy atom. The van der Waals surface area contributed by atoms with Crippen molar-refractivity contribution < 1.29 is 24.5 Å². The largest absolute Gasteiger partial charge is 0.505 e. The number of nitrogens with zero attached hydrogens (tertiary/aromatic N) is 3. The number of rotatable bonds is 5. The van der Waals surface area contributed by atoms with E-state index in [0.29, 0.717) is 11.6 Å². The molecule has 0 aliphatic heterocycles. The van der Waals surface area contributed by atoms with E-state index in [1.807, 2.05) is 43.3 Å². The van der Waals surface area contributed by atoms with Gasteiger partial charge in [0, 0.05) is 6.66 Å². The summed E-state index contributed by atoms with van der Waals surface area (Å²) >= 11 is 0. The van der Waals surface area contributed by atoms with E-state index in [0.717, 1.165) is 41.7 Å². The minimum Gasteiger partial charge on any atom is -0.505 e. The summed E-state index contributed by atoms with van der Waals surface area (Å²) in [6, 6.07) is 11.7. The molecule has 0 saturated carbocycles. The number of phenolic OH excluding ortho intramolecular Hbond substituents is 1. The fraction of sp³-hybridized carbons (Fsp3) is 0.429. The van der Waals surface area contributed by atoms with Crippen molar-refractivity contribution in [3.63, 3.8) is 0 Å². The molecule has 8 nitrogen and oxygen atoms in total. The summed E-state index contributed by atoms with van der Waals surface area (Å²) in [4.78, 5) is 9.44. The maximum atomic E-state index is 10.6. The standard InChI is InChI=1S/C18H21N3O.CH5O4P.2CH4/c1-4-12(2)9-14-10-13(3)11-17(18(14)22)21-19-15-7-5-6-8-16(15)20-21;1-6(3,4)5-2;;/h5-8,10-12,22H,4,9H2,1-3H3;2H,1H3,(H,3,4);2*1H4. The second kappa shape index (κ2) is 11.8. The quantitative estimate of drug-likeness (QED) is 0.269. The van der Waals surface area contributed by atoms with Gasteiger partial charge in [-0.2, -0.15) is 4.67 Å². The zero-order valence-electron chi connectivity index (χ0n) is 16.4. The smallest absolute Gasteiger partial charge is 0.352 e. The van der Waals surface area contributed by atoms with Gasteiger partial charge in [0.1, 0.15) is 22.5 Å². The first kappa shape index (κ1) is 27.8. The molecule has 3 aromatic rings. The third-order valence-corrected chi connectivity index (χ3v) is 4.53. The molecule has 0 radical (unpaired) electrons. The number of fused-ring (bicyclic) bond motifs is 1. The molecule has 2 aromatic carbocycles. The van der Waals surface area contributed by atoms with Crippen LogP contribution in [0.2, 0.25) is 0 Å². The van der Waals surface area contributed by atoms with Gasteiger partial charge in [0.2, 0.25) is 0 Å². The second-order valence-corrected chi connectivity index (χ2v) is 8.64. The lowest BCUT2D eigenvalue weighted by Gasteiger charge is -2.13. The van der Waals surface area contributed by atoms with Gasteiger partial charge in [0.05, 0.1) is 0 Å². The average Bonchev–Trinajstić information content (AvgIpc) is 3.08. The highest BCUT2D eigenvalue weighted by Gasteiger charge is 2.15. The molecule has 0 aliphatic carbocycles. The summed E-state index contributed by atoms with van der Waals surface area (Å²) < 4.78 is 12.7. The summed E-state index contributed by atoms with van der Waals surface area (Å²) in [6.07, 6.45) is 1.95. The number of aromatic nitrogens is 3. The van der Waals surface area contributed by atoms with Crippen LogP contribution < -0.4 is 0 Å². The minimum absolute atomic E-state index is 0. The molecule has 1 aromatic heterocycles. The third kappa shape index (κ3) is 7.54. The van der Waals surface area contributed by atoms with Gasteiger partial charge in [-0.1, -0.05) is 53.3 Å². The molecule has 3 N–H and O–H groups in total. The Morgan fingerprint density at radius 2 is 1.67 bits per heavy atom. The molecule has 0 aliphatic rings. The monoisotopic (exact) mass is 439 g/mol. The van der Waals surface area contributed by atoms with Crippen molar-refractivity contribution in [2.75, 3.05) is 6.66 Å². The Kier molecular flexibility index (Phi) is 10.9. The fourth-order valence-corrected chi connectivity index (χ4v) is 2.63. The van der Waals surface area contributed by atoms with E-state index in [2.05, 4.69) is 28.7 Å². The third-order valence-electron chi connectivity index (χ3n) is 4.23. The Hall–Kier alpha value is -2.25. The maximum absolute atomic E-state index is 10.6. The van der Waals surface area contributed by atoms with Crippen LogP contribution in [0.25, 0.3) is 16.7 Å². The predicted molar refractivity (Wildman–Crippen MR) is 121 cm³/mol. The number of hydrogen-bond donors (Lipinski definition) is 3. The molecule has 0 fully saturated rings. The van der Waals surface area contributed by atoms with Crippen LogP contribution in [-0.4, -0.2) is 36.9 Å². The normalized spacial score (nSPS) is 13.3. The minimum atomic E-state index is -3.59. The van der Waals surface area contributed by atoms with E-state index in [1.165, 1.54) is 4.80 Å². The molecule has 0 bridgehead atoms. The highest BCUT2D eigenvalue weighted by Crippen LogP contribution is 2.34. The summed E-state index contributed by atoms with van der Waals surface area (Å²) in [5.41, 5.74) is 4.37. The van der Waals surface area contributed by atoms with Crippen molar-refractivity contribution in [3.05, 3.63) is 47.5 Å². The molecule has 30 heavy (non-hydrogen) atoms. The molecule has 3 rings (SSSR count). The van der Waals surface area contributed by atoms with Crippen LogP contribution in [0, 0.1) is 12.8 Å². The average molecular weight is 439 g/mol. The maximum Gasteiger partial charge on any atom is 0.352 e. The van der Waals surface area contributed by atoms with Crippen LogP contribution in [0.3, 0.4) is 0 Å². The lowest BCUT2D eigenvalue weighted by molar-refractivity contribution is -0.144. The molecular formula is C21H34N3O5P. The van der Waals surface area contributed by atoms with Gasteiger partial charge in [-0.15, -0.1) is 15.0 Å². The first-order valence-corrected chi connectivity index (χ1v) is 11.0. The Bertz CT molecular complexity index is 951. The number of hydrogen-bond acceptors (Lipinski definition) is 6. The van der Waals surface area contributed by atoms with E-state index in [1.54, 1.807) is 0 Å². The zero-order chi connectivity index (χ0) is 20.9. The van der Waals surface area contributed by atoms with Crippen LogP contribution >= 0.6 is 7.60 Å². The van der Waals surface area contributed by atoms with Gasteiger partial charge in [0.15, 0.2) is 0 Å². The molecule has 2 atom stereocenters. The highest BCUT2D eigenvalue weighted by atomic mass is 31.2. The van der Waals surface area contributed by atoms with Crippen molar-refractivity contribution in [2.45, 2.75) is 48.5 Å². The van der Waals surface area contributed by atoms with Gasteiger partial charge in [0.25, 0.3) is 0 Å². The van der Waals surface area contributed by atoms with Crippen molar-refractivity contribution in [3.8, 4) is 11.4 Å². The lowest BCUT2D eigenvalue weighted by atomic mass is 9.96. The Balaban J connectivity index is 0.000000930. The highest BCUT2D eigenvalue weighted by molar-refractivity contribution is 7.51. The van der Waals surface area contributed by atoms with Crippen LogP contribution in [0.5, 0.6) is 5.75 Å². The molecule has 168 valence electrons. The molecule has 2 unspecified atom stereocenters. The molecule has 0 spiro atoms. The van der Waals surface area contributed by atoms with Crippen LogP contribution in [0.4, 0.5) is 0 Å². The van der Waals surface area contributed by atoms with Crippen molar-refractivity contribution >= 4 is 18.6 Å². The van der Waals surface area contributed by atoms with E-state index in [-0.39, 0.29) is 20.6 Å². The van der Waals surface area contributed by atoms with Crippen LogP contribution in [0.15, 0.2) is 36.4 Å². The topological polar surface area (TPSA) is 118 Å². The summed E-state index contributed by atoms with van der Waals surface area (Å²) in [5, 5.41) is 27.0.